The Labute approximate surface area is 241 Å². The molecule has 0 spiro atoms. The molecule has 0 aliphatic carbocycles. The van der Waals surface area contributed by atoms with Crippen LogP contribution in [0.15, 0.2) is 72.8 Å². The Hall–Kier alpha value is -3.22. The van der Waals surface area contributed by atoms with E-state index in [1.807, 2.05) is 75.4 Å². The molecule has 1 atom stereocenters. The first kappa shape index (κ1) is 30.3. The van der Waals surface area contributed by atoms with Crippen molar-refractivity contribution < 1.29 is 19.1 Å². The molecule has 3 aromatic carbocycles. The SMILES string of the molecule is COc1ccc(OCCCC(=O)N(Cc2ccc(Cl)cc2Cl)C(Cc2ccccc2)C(=O)NC(C)(C)C)cc1. The maximum Gasteiger partial charge on any atom is 0.243 e. The van der Waals surface area contributed by atoms with Gasteiger partial charge in [0.25, 0.3) is 0 Å². The van der Waals surface area contributed by atoms with Gasteiger partial charge >= 0.3 is 0 Å². The molecule has 1 unspecified atom stereocenters. The molecule has 1 N–H and O–H groups in total. The van der Waals surface area contributed by atoms with Gasteiger partial charge in [-0.05, 0) is 74.7 Å². The predicted molar refractivity (Wildman–Crippen MR) is 157 cm³/mol. The Balaban J connectivity index is 1.82. The molecule has 0 fully saturated rings. The summed E-state index contributed by atoms with van der Waals surface area (Å²) in [5.41, 5.74) is 1.20. The van der Waals surface area contributed by atoms with Crippen molar-refractivity contribution in [2.24, 2.45) is 0 Å². The van der Waals surface area contributed by atoms with Gasteiger partial charge in [-0.2, -0.15) is 0 Å². The number of amides is 2. The molecule has 8 heteroatoms. The van der Waals surface area contributed by atoms with E-state index in [1.165, 1.54) is 0 Å². The number of carbonyl (C=O) groups is 2. The third kappa shape index (κ3) is 9.79. The minimum Gasteiger partial charge on any atom is -0.497 e. The lowest BCUT2D eigenvalue weighted by atomic mass is 10.00. The third-order valence-electron chi connectivity index (χ3n) is 5.99. The molecule has 0 aliphatic heterocycles. The number of rotatable bonds is 12. The van der Waals surface area contributed by atoms with E-state index in [9.17, 15) is 9.59 Å². The Morgan fingerprint density at radius 2 is 1.62 bits per heavy atom. The van der Waals surface area contributed by atoms with Crippen LogP contribution in [-0.2, 0) is 22.6 Å². The Morgan fingerprint density at radius 1 is 0.949 bits per heavy atom. The van der Waals surface area contributed by atoms with Crippen LogP contribution in [0.25, 0.3) is 0 Å². The van der Waals surface area contributed by atoms with Crippen molar-refractivity contribution in [2.75, 3.05) is 13.7 Å². The van der Waals surface area contributed by atoms with Gasteiger partial charge in [0, 0.05) is 35.0 Å². The zero-order valence-electron chi connectivity index (χ0n) is 22.9. The minimum absolute atomic E-state index is 0.163. The van der Waals surface area contributed by atoms with Crippen molar-refractivity contribution in [3.05, 3.63) is 94.0 Å². The van der Waals surface area contributed by atoms with Gasteiger partial charge in [0.15, 0.2) is 0 Å². The van der Waals surface area contributed by atoms with Gasteiger partial charge in [0.1, 0.15) is 17.5 Å². The van der Waals surface area contributed by atoms with Gasteiger partial charge in [0.05, 0.1) is 13.7 Å². The average Bonchev–Trinajstić information content (AvgIpc) is 2.89. The fraction of sp³-hybridized carbons (Fsp3) is 0.355. The largest absolute Gasteiger partial charge is 0.497 e. The second-order valence-corrected chi connectivity index (χ2v) is 11.2. The van der Waals surface area contributed by atoms with Crippen LogP contribution in [0.2, 0.25) is 10.0 Å². The fourth-order valence-electron chi connectivity index (χ4n) is 4.07. The van der Waals surface area contributed by atoms with Crippen molar-refractivity contribution in [1.82, 2.24) is 10.2 Å². The monoisotopic (exact) mass is 570 g/mol. The maximum absolute atomic E-state index is 13.7. The van der Waals surface area contributed by atoms with Gasteiger partial charge in [0.2, 0.25) is 11.8 Å². The van der Waals surface area contributed by atoms with Crippen LogP contribution in [0.1, 0.15) is 44.7 Å². The van der Waals surface area contributed by atoms with Crippen LogP contribution in [0.4, 0.5) is 0 Å². The van der Waals surface area contributed by atoms with Crippen LogP contribution >= 0.6 is 23.2 Å². The van der Waals surface area contributed by atoms with Gasteiger partial charge in [-0.15, -0.1) is 0 Å². The zero-order chi connectivity index (χ0) is 28.4. The van der Waals surface area contributed by atoms with Gasteiger partial charge < -0.3 is 19.7 Å². The highest BCUT2D eigenvalue weighted by Crippen LogP contribution is 2.25. The summed E-state index contributed by atoms with van der Waals surface area (Å²) in [6.45, 7) is 6.28. The van der Waals surface area contributed by atoms with E-state index < -0.39 is 11.6 Å². The summed E-state index contributed by atoms with van der Waals surface area (Å²) in [5.74, 6) is 1.05. The maximum atomic E-state index is 13.7. The highest BCUT2D eigenvalue weighted by molar-refractivity contribution is 6.35. The van der Waals surface area contributed by atoms with Crippen LogP contribution < -0.4 is 14.8 Å². The van der Waals surface area contributed by atoms with E-state index in [-0.39, 0.29) is 24.8 Å². The summed E-state index contributed by atoms with van der Waals surface area (Å²) in [7, 11) is 1.61. The highest BCUT2D eigenvalue weighted by Gasteiger charge is 2.32. The molecule has 6 nitrogen and oxygen atoms in total. The van der Waals surface area contributed by atoms with Gasteiger partial charge in [-0.1, -0.05) is 59.6 Å². The van der Waals surface area contributed by atoms with E-state index in [1.54, 1.807) is 30.2 Å². The first-order valence-corrected chi connectivity index (χ1v) is 13.7. The topological polar surface area (TPSA) is 67.9 Å². The number of ether oxygens (including phenoxy) is 2. The predicted octanol–water partition coefficient (Wildman–Crippen LogP) is 6.72. The van der Waals surface area contributed by atoms with E-state index >= 15 is 0 Å². The normalized spacial score (nSPS) is 11.9. The standard InChI is InChI=1S/C31H36Cl2N2O4/c1-31(2,3)34-30(37)28(19-22-9-6-5-7-10-22)35(21-23-12-13-24(32)20-27(23)33)29(36)11-8-18-39-26-16-14-25(38-4)15-17-26/h5-7,9-10,12-17,20,28H,8,11,18-19,21H2,1-4H3,(H,34,37). The van der Waals surface area contributed by atoms with Crippen molar-refractivity contribution in [3.63, 3.8) is 0 Å². The molecule has 0 radical (unpaired) electrons. The lowest BCUT2D eigenvalue weighted by Crippen LogP contribution is -2.54. The van der Waals surface area contributed by atoms with Crippen LogP contribution in [0.5, 0.6) is 11.5 Å². The summed E-state index contributed by atoms with van der Waals surface area (Å²) in [6.07, 6.45) is 1.05. The number of benzene rings is 3. The van der Waals surface area contributed by atoms with Crippen LogP contribution in [0.3, 0.4) is 0 Å². The third-order valence-corrected chi connectivity index (χ3v) is 6.58. The van der Waals surface area contributed by atoms with Crippen LogP contribution in [0, 0.1) is 0 Å². The van der Waals surface area contributed by atoms with E-state index in [4.69, 9.17) is 32.7 Å². The lowest BCUT2D eigenvalue weighted by Gasteiger charge is -2.34. The second-order valence-electron chi connectivity index (χ2n) is 10.3. The number of nitrogens with zero attached hydrogens (tertiary/aromatic N) is 1. The highest BCUT2D eigenvalue weighted by atomic mass is 35.5. The van der Waals surface area contributed by atoms with Crippen molar-refractivity contribution in [3.8, 4) is 11.5 Å². The molecular formula is C31H36Cl2N2O4. The zero-order valence-corrected chi connectivity index (χ0v) is 24.4. The molecular weight excluding hydrogens is 535 g/mol. The van der Waals surface area contributed by atoms with E-state index in [2.05, 4.69) is 5.32 Å². The molecule has 39 heavy (non-hydrogen) atoms. The molecule has 0 saturated carbocycles. The fourth-order valence-corrected chi connectivity index (χ4v) is 4.54. The average molecular weight is 572 g/mol. The van der Waals surface area contributed by atoms with Crippen molar-refractivity contribution >= 4 is 35.0 Å². The molecule has 0 aromatic heterocycles. The number of hydrogen-bond donors (Lipinski definition) is 1. The lowest BCUT2D eigenvalue weighted by molar-refractivity contribution is -0.142. The van der Waals surface area contributed by atoms with E-state index in [0.717, 1.165) is 11.3 Å². The molecule has 0 heterocycles. The molecule has 0 bridgehead atoms. The molecule has 0 aliphatic rings. The Morgan fingerprint density at radius 3 is 2.23 bits per heavy atom. The summed E-state index contributed by atoms with van der Waals surface area (Å²) < 4.78 is 11.0. The molecule has 3 aromatic rings. The van der Waals surface area contributed by atoms with Gasteiger partial charge in [-0.3, -0.25) is 9.59 Å². The number of hydrogen-bond acceptors (Lipinski definition) is 4. The Kier molecular flexibility index (Phi) is 11.1. The van der Waals surface area contributed by atoms with E-state index in [0.29, 0.717) is 40.8 Å². The van der Waals surface area contributed by atoms with Gasteiger partial charge in [-0.25, -0.2) is 0 Å². The molecule has 3 rings (SSSR count). The number of methoxy groups -OCH3 is 1. The van der Waals surface area contributed by atoms with Crippen LogP contribution in [-0.4, -0.2) is 42.0 Å². The summed E-state index contributed by atoms with van der Waals surface area (Å²) in [6, 6.07) is 21.4. The summed E-state index contributed by atoms with van der Waals surface area (Å²) >= 11 is 12.6. The number of halogens is 2. The minimum atomic E-state index is -0.742. The number of carbonyl (C=O) groups excluding carboxylic acids is 2. The quantitative estimate of drug-likeness (QED) is 0.245. The first-order valence-electron chi connectivity index (χ1n) is 12.9. The molecule has 0 saturated heterocycles. The number of nitrogens with one attached hydrogen (secondary N) is 1. The molecule has 2 amide bonds. The second kappa shape index (κ2) is 14.2. The van der Waals surface area contributed by atoms with Crippen molar-refractivity contribution in [1.29, 1.82) is 0 Å². The smallest absolute Gasteiger partial charge is 0.243 e. The van der Waals surface area contributed by atoms with Crippen molar-refractivity contribution in [2.45, 2.75) is 58.2 Å². The Bertz CT molecular complexity index is 1230. The summed E-state index contributed by atoms with van der Waals surface area (Å²) in [5, 5.41) is 4.01. The molecule has 208 valence electrons. The summed E-state index contributed by atoms with van der Waals surface area (Å²) in [4.78, 5) is 29.0. The first-order chi connectivity index (χ1) is 18.6.